The van der Waals surface area contributed by atoms with E-state index in [-0.39, 0.29) is 11.7 Å². The van der Waals surface area contributed by atoms with Gasteiger partial charge >= 0.3 is 0 Å². The number of ketones is 1. The number of rotatable bonds is 1. The molecule has 0 bridgehead atoms. The van der Waals surface area contributed by atoms with Gasteiger partial charge in [-0.2, -0.15) is 0 Å². The number of carbonyl (C=O) groups is 1. The van der Waals surface area contributed by atoms with Crippen molar-refractivity contribution >= 4 is 22.4 Å². The predicted molar refractivity (Wildman–Crippen MR) is 104 cm³/mol. The maximum atomic E-state index is 12.9. The average Bonchev–Trinajstić information content (AvgIpc) is 2.67. The van der Waals surface area contributed by atoms with E-state index in [4.69, 9.17) is 4.98 Å². The van der Waals surface area contributed by atoms with Crippen LogP contribution < -0.4 is 5.32 Å². The van der Waals surface area contributed by atoms with Gasteiger partial charge in [-0.05, 0) is 49.1 Å². The third-order valence-electron chi connectivity index (χ3n) is 5.50. The lowest BCUT2D eigenvalue weighted by atomic mass is 9.74. The highest BCUT2D eigenvalue weighted by molar-refractivity contribution is 6.03. The maximum absolute atomic E-state index is 12.9. The Morgan fingerprint density at radius 2 is 1.85 bits per heavy atom. The van der Waals surface area contributed by atoms with Gasteiger partial charge in [0.15, 0.2) is 5.78 Å². The molecular weight excluding hydrogens is 320 g/mol. The summed E-state index contributed by atoms with van der Waals surface area (Å²) < 4.78 is 0. The first kappa shape index (κ1) is 15.3. The van der Waals surface area contributed by atoms with Crippen molar-refractivity contribution in [1.29, 1.82) is 0 Å². The van der Waals surface area contributed by atoms with E-state index in [2.05, 4.69) is 53.8 Å². The predicted octanol–water partition coefficient (Wildman–Crippen LogP) is 5.11. The number of hydrogen-bond donors (Lipinski definition) is 1. The highest BCUT2D eigenvalue weighted by Gasteiger charge is 2.36. The molecular formula is C23H20N2O. The number of anilines is 1. The fourth-order valence-electron chi connectivity index (χ4n) is 4.36. The van der Waals surface area contributed by atoms with E-state index in [1.807, 2.05) is 13.0 Å². The SMILES string of the molecule is Cc1ccc2c3c(ccc2n1)NC1=C(C(=O)CCC1)[C@H]3c1ccccc1. The summed E-state index contributed by atoms with van der Waals surface area (Å²) in [5.41, 5.74) is 7.49. The van der Waals surface area contributed by atoms with E-state index >= 15 is 0 Å². The van der Waals surface area contributed by atoms with Gasteiger partial charge in [-0.3, -0.25) is 9.78 Å². The van der Waals surface area contributed by atoms with E-state index in [1.165, 1.54) is 11.1 Å². The van der Waals surface area contributed by atoms with E-state index in [0.717, 1.165) is 46.4 Å². The van der Waals surface area contributed by atoms with Crippen molar-refractivity contribution in [3.8, 4) is 0 Å². The fourth-order valence-corrected chi connectivity index (χ4v) is 4.36. The molecule has 5 rings (SSSR count). The smallest absolute Gasteiger partial charge is 0.161 e. The van der Waals surface area contributed by atoms with Crippen LogP contribution in [0.15, 0.2) is 65.9 Å². The lowest BCUT2D eigenvalue weighted by Gasteiger charge is -2.34. The summed E-state index contributed by atoms with van der Waals surface area (Å²) in [7, 11) is 0. The molecule has 0 spiro atoms. The van der Waals surface area contributed by atoms with Crippen LogP contribution >= 0.6 is 0 Å². The van der Waals surface area contributed by atoms with Crippen LogP contribution in [0.25, 0.3) is 10.9 Å². The number of nitrogens with one attached hydrogen (secondary N) is 1. The van der Waals surface area contributed by atoms with Crippen molar-refractivity contribution in [1.82, 2.24) is 4.98 Å². The Kier molecular flexibility index (Phi) is 3.42. The minimum absolute atomic E-state index is 0.0246. The van der Waals surface area contributed by atoms with Gasteiger partial charge in [-0.25, -0.2) is 0 Å². The first-order chi connectivity index (χ1) is 12.7. The van der Waals surface area contributed by atoms with Gasteiger partial charge in [0.05, 0.1) is 5.52 Å². The number of nitrogens with zero attached hydrogens (tertiary/aromatic N) is 1. The molecule has 1 aliphatic carbocycles. The van der Waals surface area contributed by atoms with Gasteiger partial charge in [0.1, 0.15) is 0 Å². The number of benzene rings is 2. The minimum atomic E-state index is -0.0246. The number of Topliss-reactive ketones (excluding diaryl/α,β-unsaturated/α-hetero) is 1. The zero-order chi connectivity index (χ0) is 17.7. The second-order valence-electron chi connectivity index (χ2n) is 7.18. The number of fused-ring (bicyclic) bond motifs is 3. The molecule has 2 heterocycles. The normalized spacial score (nSPS) is 19.1. The lowest BCUT2D eigenvalue weighted by molar-refractivity contribution is -0.116. The third kappa shape index (κ3) is 2.27. The Morgan fingerprint density at radius 3 is 2.69 bits per heavy atom. The molecule has 2 aliphatic rings. The van der Waals surface area contributed by atoms with Crippen LogP contribution in [0.4, 0.5) is 5.69 Å². The van der Waals surface area contributed by atoms with Crippen LogP contribution in [0.5, 0.6) is 0 Å². The van der Waals surface area contributed by atoms with Crippen LogP contribution in [-0.4, -0.2) is 10.8 Å². The van der Waals surface area contributed by atoms with E-state index < -0.39 is 0 Å². The van der Waals surface area contributed by atoms with Crippen LogP contribution in [-0.2, 0) is 4.79 Å². The molecule has 1 aliphatic heterocycles. The minimum Gasteiger partial charge on any atom is -0.358 e. The number of hydrogen-bond acceptors (Lipinski definition) is 3. The second-order valence-corrected chi connectivity index (χ2v) is 7.18. The van der Waals surface area contributed by atoms with Crippen molar-refractivity contribution in [2.75, 3.05) is 5.32 Å². The summed E-state index contributed by atoms with van der Waals surface area (Å²) in [6.45, 7) is 2.01. The zero-order valence-corrected chi connectivity index (χ0v) is 14.8. The molecule has 26 heavy (non-hydrogen) atoms. The van der Waals surface area contributed by atoms with Gasteiger partial charge in [-0.15, -0.1) is 0 Å². The van der Waals surface area contributed by atoms with Crippen molar-refractivity contribution in [2.24, 2.45) is 0 Å². The van der Waals surface area contributed by atoms with Gasteiger partial charge in [0, 0.05) is 40.4 Å². The van der Waals surface area contributed by atoms with E-state index in [9.17, 15) is 4.79 Å². The third-order valence-corrected chi connectivity index (χ3v) is 5.50. The molecule has 0 unspecified atom stereocenters. The topological polar surface area (TPSA) is 42.0 Å². The van der Waals surface area contributed by atoms with Crippen LogP contribution in [0.3, 0.4) is 0 Å². The van der Waals surface area contributed by atoms with Crippen LogP contribution in [0, 0.1) is 6.92 Å². The van der Waals surface area contributed by atoms with Crippen LogP contribution in [0.1, 0.15) is 42.0 Å². The molecule has 1 atom stereocenters. The number of carbonyl (C=O) groups excluding carboxylic acids is 1. The fraction of sp³-hybridized carbons (Fsp3) is 0.217. The molecule has 0 radical (unpaired) electrons. The molecule has 3 heteroatoms. The summed E-state index contributed by atoms with van der Waals surface area (Å²) in [5.74, 6) is 0.249. The molecule has 128 valence electrons. The van der Waals surface area contributed by atoms with Crippen LogP contribution in [0.2, 0.25) is 0 Å². The van der Waals surface area contributed by atoms with E-state index in [0.29, 0.717) is 6.42 Å². The van der Waals surface area contributed by atoms with Gasteiger partial charge < -0.3 is 5.32 Å². The Hall–Kier alpha value is -2.94. The highest BCUT2D eigenvalue weighted by Crippen LogP contribution is 2.47. The molecule has 1 N–H and O–H groups in total. The zero-order valence-electron chi connectivity index (χ0n) is 14.8. The van der Waals surface area contributed by atoms with Gasteiger partial charge in [-0.1, -0.05) is 36.4 Å². The Labute approximate surface area is 152 Å². The number of pyridine rings is 1. The monoisotopic (exact) mass is 340 g/mol. The van der Waals surface area contributed by atoms with Crippen molar-refractivity contribution in [3.05, 3.63) is 82.7 Å². The summed E-state index contributed by atoms with van der Waals surface area (Å²) in [4.78, 5) is 17.6. The molecule has 2 aromatic carbocycles. The van der Waals surface area contributed by atoms with Crippen molar-refractivity contribution < 1.29 is 4.79 Å². The Morgan fingerprint density at radius 1 is 1.00 bits per heavy atom. The standard InChI is InChI=1S/C23H20N2O/c1-14-10-11-16-17(24-14)12-13-19-22(16)21(15-6-3-2-4-7-15)23-18(25-19)8-5-9-20(23)26/h2-4,6-7,10-13,21,25H,5,8-9H2,1H3/t21-/m0/s1. The van der Waals surface area contributed by atoms with Gasteiger partial charge in [0.2, 0.25) is 0 Å². The molecule has 3 aromatic rings. The summed E-state index contributed by atoms with van der Waals surface area (Å²) in [5, 5.41) is 4.69. The molecule has 1 aromatic heterocycles. The van der Waals surface area contributed by atoms with Crippen molar-refractivity contribution in [3.63, 3.8) is 0 Å². The Bertz CT molecular complexity index is 1070. The second kappa shape index (κ2) is 5.80. The first-order valence-corrected chi connectivity index (χ1v) is 9.21. The van der Waals surface area contributed by atoms with E-state index in [1.54, 1.807) is 0 Å². The number of allylic oxidation sites excluding steroid dienone is 2. The average molecular weight is 340 g/mol. The molecule has 0 saturated carbocycles. The first-order valence-electron chi connectivity index (χ1n) is 9.21. The number of aromatic nitrogens is 1. The maximum Gasteiger partial charge on any atom is 0.161 e. The largest absolute Gasteiger partial charge is 0.358 e. The summed E-state index contributed by atoms with van der Waals surface area (Å²) >= 11 is 0. The van der Waals surface area contributed by atoms with Gasteiger partial charge in [0.25, 0.3) is 0 Å². The molecule has 0 fully saturated rings. The highest BCUT2D eigenvalue weighted by atomic mass is 16.1. The molecule has 3 nitrogen and oxygen atoms in total. The molecule has 0 amide bonds. The summed E-state index contributed by atoms with van der Waals surface area (Å²) in [6, 6.07) is 18.8. The lowest BCUT2D eigenvalue weighted by Crippen LogP contribution is -2.27. The molecule has 0 saturated heterocycles. The Balaban J connectivity index is 1.84. The summed E-state index contributed by atoms with van der Waals surface area (Å²) in [6.07, 6.45) is 2.51. The quantitative estimate of drug-likeness (QED) is 0.669. The van der Waals surface area contributed by atoms with Crippen molar-refractivity contribution in [2.45, 2.75) is 32.1 Å². The number of aryl methyl sites for hydroxylation is 1.